The van der Waals surface area contributed by atoms with Crippen molar-refractivity contribution in [3.8, 4) is 5.75 Å². The highest BCUT2D eigenvalue weighted by molar-refractivity contribution is 5.79. The van der Waals surface area contributed by atoms with Crippen molar-refractivity contribution in [2.24, 2.45) is 10.9 Å². The molecule has 0 aromatic heterocycles. The van der Waals surface area contributed by atoms with Gasteiger partial charge in [0.05, 0.1) is 6.10 Å². The van der Waals surface area contributed by atoms with Crippen LogP contribution in [-0.2, 0) is 11.3 Å². The molecule has 2 atom stereocenters. The molecule has 1 aromatic rings. The van der Waals surface area contributed by atoms with Crippen LogP contribution in [0.1, 0.15) is 37.8 Å². The van der Waals surface area contributed by atoms with Gasteiger partial charge in [0.2, 0.25) is 0 Å². The number of rotatable bonds is 10. The van der Waals surface area contributed by atoms with Crippen LogP contribution in [0.15, 0.2) is 23.2 Å². The molecule has 7 nitrogen and oxygen atoms in total. The van der Waals surface area contributed by atoms with Gasteiger partial charge in [-0.15, -0.1) is 0 Å². The Morgan fingerprint density at radius 3 is 2.69 bits per heavy atom. The third-order valence-corrected chi connectivity index (χ3v) is 6.44. The van der Waals surface area contributed by atoms with Crippen LogP contribution in [-0.4, -0.2) is 87.9 Å². The third-order valence-electron chi connectivity index (χ3n) is 6.44. The first-order chi connectivity index (χ1) is 15.6. The van der Waals surface area contributed by atoms with Crippen molar-refractivity contribution in [1.82, 2.24) is 20.4 Å². The number of guanidine groups is 1. The van der Waals surface area contributed by atoms with Crippen LogP contribution in [0.4, 0.5) is 0 Å². The molecule has 2 aliphatic heterocycles. The molecule has 2 N–H and O–H groups in total. The molecule has 2 aliphatic rings. The topological polar surface area (TPSA) is 61.4 Å². The van der Waals surface area contributed by atoms with E-state index in [1.165, 1.54) is 31.7 Å². The van der Waals surface area contributed by atoms with E-state index in [2.05, 4.69) is 64.4 Å². The second-order valence-electron chi connectivity index (χ2n) is 9.20. The van der Waals surface area contributed by atoms with Crippen LogP contribution in [0.2, 0.25) is 0 Å². The number of likely N-dealkylation sites (N-methyl/N-ethyl adjacent to an activating group) is 1. The number of hydrogen-bond donors (Lipinski definition) is 2. The molecule has 0 aliphatic carbocycles. The zero-order chi connectivity index (χ0) is 22.8. The molecule has 2 heterocycles. The van der Waals surface area contributed by atoms with Crippen molar-refractivity contribution >= 4 is 5.96 Å². The van der Waals surface area contributed by atoms with E-state index < -0.39 is 0 Å². The summed E-state index contributed by atoms with van der Waals surface area (Å²) in [5.74, 6) is 2.33. The van der Waals surface area contributed by atoms with Crippen molar-refractivity contribution in [2.45, 2.75) is 46.3 Å². The quantitative estimate of drug-likeness (QED) is 0.426. The minimum absolute atomic E-state index is 0.220. The molecule has 0 saturated carbocycles. The Balaban J connectivity index is 1.42. The average Bonchev–Trinajstić information content (AvgIpc) is 3.33. The zero-order valence-corrected chi connectivity index (χ0v) is 20.5. The van der Waals surface area contributed by atoms with E-state index >= 15 is 0 Å². The van der Waals surface area contributed by atoms with E-state index in [-0.39, 0.29) is 6.10 Å². The number of aryl methyl sites for hydroxylation is 1. The number of aliphatic imine (C=N–C) groups is 1. The Bertz CT molecular complexity index is 712. The summed E-state index contributed by atoms with van der Waals surface area (Å²) in [6.45, 7) is 16.7. The molecule has 3 rings (SSSR count). The van der Waals surface area contributed by atoms with Gasteiger partial charge in [0.25, 0.3) is 0 Å². The van der Waals surface area contributed by atoms with Gasteiger partial charge in [-0.2, -0.15) is 0 Å². The molecule has 1 aromatic carbocycles. The summed E-state index contributed by atoms with van der Waals surface area (Å²) >= 11 is 0. The molecule has 2 unspecified atom stereocenters. The van der Waals surface area contributed by atoms with Crippen molar-refractivity contribution < 1.29 is 9.47 Å². The first-order valence-electron chi connectivity index (χ1n) is 12.3. The summed E-state index contributed by atoms with van der Waals surface area (Å²) in [4.78, 5) is 9.52. The summed E-state index contributed by atoms with van der Waals surface area (Å²) in [7, 11) is 1.83. The molecule has 2 saturated heterocycles. The minimum Gasteiger partial charge on any atom is -0.491 e. The van der Waals surface area contributed by atoms with Crippen LogP contribution in [0, 0.1) is 12.8 Å². The molecule has 7 heteroatoms. The molecule has 2 fully saturated rings. The Morgan fingerprint density at radius 1 is 1.22 bits per heavy atom. The average molecular weight is 446 g/mol. The van der Waals surface area contributed by atoms with E-state index in [9.17, 15) is 0 Å². The maximum atomic E-state index is 6.13. The van der Waals surface area contributed by atoms with Crippen molar-refractivity contribution in [2.75, 3.05) is 66.1 Å². The highest BCUT2D eigenvalue weighted by atomic mass is 16.5. The lowest BCUT2D eigenvalue weighted by atomic mass is 10.1. The lowest BCUT2D eigenvalue weighted by molar-refractivity contribution is 0.0676. The van der Waals surface area contributed by atoms with E-state index in [1.807, 2.05) is 7.05 Å². The smallest absolute Gasteiger partial charge is 0.191 e. The second kappa shape index (κ2) is 13.0. The van der Waals surface area contributed by atoms with Gasteiger partial charge in [-0.3, -0.25) is 4.99 Å². The van der Waals surface area contributed by atoms with Crippen LogP contribution in [0.5, 0.6) is 5.75 Å². The first kappa shape index (κ1) is 24.8. The van der Waals surface area contributed by atoms with Crippen LogP contribution >= 0.6 is 0 Å². The standard InChI is InChI=1S/C25H43N5O2/c1-5-29-10-12-30(13-11-29)18-21(3)16-27-25(26-4)28-17-22-9-8-20(2)15-24(22)32-19-23-7-6-14-31-23/h8-9,15,21,23H,5-7,10-14,16-19H2,1-4H3,(H2,26,27,28). The third kappa shape index (κ3) is 7.94. The molecular weight excluding hydrogens is 402 g/mol. The maximum Gasteiger partial charge on any atom is 0.191 e. The number of piperazine rings is 1. The molecule has 0 radical (unpaired) electrons. The lowest BCUT2D eigenvalue weighted by Crippen LogP contribution is -2.48. The number of nitrogens with zero attached hydrogens (tertiary/aromatic N) is 3. The monoisotopic (exact) mass is 445 g/mol. The molecule has 0 bridgehead atoms. The number of hydrogen-bond acceptors (Lipinski definition) is 5. The van der Waals surface area contributed by atoms with Gasteiger partial charge in [0.1, 0.15) is 12.4 Å². The Kier molecular flexibility index (Phi) is 10.1. The predicted octanol–water partition coefficient (Wildman–Crippen LogP) is 2.49. The first-order valence-corrected chi connectivity index (χ1v) is 12.3. The molecular formula is C25H43N5O2. The van der Waals surface area contributed by atoms with Gasteiger partial charge in [0.15, 0.2) is 5.96 Å². The number of ether oxygens (including phenoxy) is 2. The second-order valence-corrected chi connectivity index (χ2v) is 9.20. The van der Waals surface area contributed by atoms with E-state index in [4.69, 9.17) is 9.47 Å². The Hall–Kier alpha value is -1.83. The molecule has 0 amide bonds. The van der Waals surface area contributed by atoms with E-state index in [1.54, 1.807) is 0 Å². The van der Waals surface area contributed by atoms with Crippen LogP contribution < -0.4 is 15.4 Å². The van der Waals surface area contributed by atoms with Gasteiger partial charge in [0, 0.05) is 65.0 Å². The van der Waals surface area contributed by atoms with Crippen molar-refractivity contribution in [1.29, 1.82) is 0 Å². The summed E-state index contributed by atoms with van der Waals surface area (Å²) in [6, 6.07) is 6.38. The summed E-state index contributed by atoms with van der Waals surface area (Å²) < 4.78 is 11.8. The molecule has 0 spiro atoms. The lowest BCUT2D eigenvalue weighted by Gasteiger charge is -2.35. The predicted molar refractivity (Wildman–Crippen MR) is 132 cm³/mol. The largest absolute Gasteiger partial charge is 0.491 e. The van der Waals surface area contributed by atoms with Gasteiger partial charge in [-0.1, -0.05) is 26.0 Å². The van der Waals surface area contributed by atoms with Gasteiger partial charge in [-0.05, 0) is 43.9 Å². The number of nitrogens with one attached hydrogen (secondary N) is 2. The van der Waals surface area contributed by atoms with E-state index in [0.29, 0.717) is 19.1 Å². The summed E-state index contributed by atoms with van der Waals surface area (Å²) in [5, 5.41) is 6.95. The number of benzene rings is 1. The van der Waals surface area contributed by atoms with Gasteiger partial charge < -0.3 is 29.9 Å². The fraction of sp³-hybridized carbons (Fsp3) is 0.720. The highest BCUT2D eigenvalue weighted by Crippen LogP contribution is 2.22. The molecule has 32 heavy (non-hydrogen) atoms. The molecule has 180 valence electrons. The fourth-order valence-electron chi connectivity index (χ4n) is 4.36. The highest BCUT2D eigenvalue weighted by Gasteiger charge is 2.18. The minimum atomic E-state index is 0.220. The Morgan fingerprint density at radius 2 is 2.00 bits per heavy atom. The zero-order valence-electron chi connectivity index (χ0n) is 20.5. The van der Waals surface area contributed by atoms with E-state index in [0.717, 1.165) is 56.4 Å². The fourth-order valence-corrected chi connectivity index (χ4v) is 4.36. The summed E-state index contributed by atoms with van der Waals surface area (Å²) in [5.41, 5.74) is 2.34. The normalized spacial score (nSPS) is 21.5. The Labute approximate surface area is 194 Å². The van der Waals surface area contributed by atoms with Gasteiger partial charge in [-0.25, -0.2) is 0 Å². The van der Waals surface area contributed by atoms with Crippen molar-refractivity contribution in [3.05, 3.63) is 29.3 Å². The van der Waals surface area contributed by atoms with Crippen molar-refractivity contribution in [3.63, 3.8) is 0 Å². The van der Waals surface area contributed by atoms with Crippen LogP contribution in [0.3, 0.4) is 0 Å². The van der Waals surface area contributed by atoms with Crippen LogP contribution in [0.25, 0.3) is 0 Å². The maximum absolute atomic E-state index is 6.13. The van der Waals surface area contributed by atoms with Gasteiger partial charge >= 0.3 is 0 Å². The summed E-state index contributed by atoms with van der Waals surface area (Å²) in [6.07, 6.45) is 2.44. The SMILES string of the molecule is CCN1CCN(CC(C)CNC(=NC)NCc2ccc(C)cc2OCC2CCCO2)CC1.